The summed E-state index contributed by atoms with van der Waals surface area (Å²) in [4.78, 5) is 5.47. The molecule has 12 rings (SSSR count). The minimum atomic E-state index is -0.352. The number of benzene rings is 8. The van der Waals surface area contributed by atoms with E-state index in [4.69, 9.17) is 9.41 Å². The highest BCUT2D eigenvalue weighted by molar-refractivity contribution is 7.26. The molecule has 0 radical (unpaired) electrons. The average Bonchev–Trinajstić information content (AvgIpc) is 3.95. The van der Waals surface area contributed by atoms with Crippen LogP contribution in [0.1, 0.15) is 29.0 Å². The van der Waals surface area contributed by atoms with Crippen molar-refractivity contribution in [2.45, 2.75) is 12.3 Å². The maximum Gasteiger partial charge on any atom is 0.143 e. The van der Waals surface area contributed by atoms with Crippen LogP contribution in [0, 0.1) is 0 Å². The van der Waals surface area contributed by atoms with Gasteiger partial charge >= 0.3 is 0 Å². The Balaban J connectivity index is 1.06. The number of nitrogens with one attached hydrogen (secondary N) is 2. The normalized spacial score (nSPS) is 16.2. The van der Waals surface area contributed by atoms with Gasteiger partial charge in [-0.2, -0.15) is 0 Å². The molecule has 2 atom stereocenters. The smallest absolute Gasteiger partial charge is 0.143 e. The minimum Gasteiger partial charge on any atom is -0.455 e. The van der Waals surface area contributed by atoms with Crippen molar-refractivity contribution in [3.63, 3.8) is 0 Å². The van der Waals surface area contributed by atoms with Gasteiger partial charge in [0, 0.05) is 73.4 Å². The van der Waals surface area contributed by atoms with Gasteiger partial charge in [0.15, 0.2) is 0 Å². The number of rotatable bonds is 4. The largest absolute Gasteiger partial charge is 0.455 e. The molecule has 6 heteroatoms. The Hall–Kier alpha value is -6.31. The topological polar surface area (TPSA) is 49.6 Å². The van der Waals surface area contributed by atoms with Gasteiger partial charge in [0.2, 0.25) is 0 Å². The van der Waals surface area contributed by atoms with E-state index in [1.54, 1.807) is 0 Å². The Labute approximate surface area is 324 Å². The molecule has 55 heavy (non-hydrogen) atoms. The van der Waals surface area contributed by atoms with Crippen molar-refractivity contribution < 1.29 is 4.42 Å². The number of amidine groups is 1. The molecule has 0 saturated carbocycles. The van der Waals surface area contributed by atoms with Gasteiger partial charge in [-0.25, -0.2) is 4.99 Å². The highest BCUT2D eigenvalue weighted by atomic mass is 32.1. The molecule has 2 N–H and O–H groups in total. The van der Waals surface area contributed by atoms with E-state index >= 15 is 0 Å². The monoisotopic (exact) mass is 741 g/mol. The van der Waals surface area contributed by atoms with Crippen molar-refractivity contribution in [2.75, 3.05) is 0 Å². The lowest BCUT2D eigenvalue weighted by atomic mass is 9.96. The van der Waals surface area contributed by atoms with E-state index in [9.17, 15) is 0 Å². The van der Waals surface area contributed by atoms with Crippen molar-refractivity contribution in [3.05, 3.63) is 180 Å². The van der Waals surface area contributed by atoms with Crippen LogP contribution in [0.5, 0.6) is 0 Å². The first-order chi connectivity index (χ1) is 27.2. The molecule has 0 saturated heterocycles. The zero-order valence-corrected chi connectivity index (χ0v) is 31.0. The minimum absolute atomic E-state index is 0.200. The van der Waals surface area contributed by atoms with Gasteiger partial charge in [-0.05, 0) is 46.7 Å². The predicted octanol–water partition coefficient (Wildman–Crippen LogP) is 13.5. The van der Waals surface area contributed by atoms with E-state index in [1.807, 2.05) is 22.7 Å². The number of thiophene rings is 2. The highest BCUT2D eigenvalue weighted by Gasteiger charge is 2.30. The third-order valence-corrected chi connectivity index (χ3v) is 13.5. The SMILES string of the molecule is c1ccc2cc(C3=NC(c4cccc5oc6c(-c7cccc8sc9ccccc9c78)cccc6c45)NC(c4cccc5c4sc4ccccc45)N3)ccc2c1. The van der Waals surface area contributed by atoms with Crippen molar-refractivity contribution in [1.82, 2.24) is 10.6 Å². The van der Waals surface area contributed by atoms with Crippen LogP contribution in [0.3, 0.4) is 0 Å². The molecule has 0 aliphatic carbocycles. The Kier molecular flexibility index (Phi) is 6.84. The number of furan rings is 1. The lowest BCUT2D eigenvalue weighted by Gasteiger charge is -2.32. The highest BCUT2D eigenvalue weighted by Crippen LogP contribution is 2.45. The molecule has 260 valence electrons. The zero-order chi connectivity index (χ0) is 36.0. The van der Waals surface area contributed by atoms with Crippen LogP contribution in [0.4, 0.5) is 0 Å². The molecular formula is C49H31N3OS2. The summed E-state index contributed by atoms with van der Waals surface area (Å²) in [7, 11) is 0. The average molecular weight is 742 g/mol. The van der Waals surface area contributed by atoms with Gasteiger partial charge in [-0.1, -0.05) is 133 Å². The second kappa shape index (κ2) is 12.1. The number of nitrogens with zero attached hydrogens (tertiary/aromatic N) is 1. The van der Waals surface area contributed by atoms with Crippen molar-refractivity contribution in [3.8, 4) is 11.1 Å². The van der Waals surface area contributed by atoms with Gasteiger partial charge in [-0.15, -0.1) is 22.7 Å². The van der Waals surface area contributed by atoms with E-state index in [0.29, 0.717) is 0 Å². The van der Waals surface area contributed by atoms with Crippen molar-refractivity contribution in [2.24, 2.45) is 4.99 Å². The Morgan fingerprint density at radius 1 is 0.509 bits per heavy atom. The number of hydrogen-bond acceptors (Lipinski definition) is 6. The summed E-state index contributed by atoms with van der Waals surface area (Å²) in [5.74, 6) is 0.860. The summed E-state index contributed by atoms with van der Waals surface area (Å²) >= 11 is 3.69. The van der Waals surface area contributed by atoms with Crippen LogP contribution < -0.4 is 10.6 Å². The first-order valence-corrected chi connectivity index (χ1v) is 20.2. The van der Waals surface area contributed by atoms with Crippen LogP contribution in [0.15, 0.2) is 173 Å². The maximum absolute atomic E-state index is 6.88. The molecule has 0 amide bonds. The third kappa shape index (κ3) is 4.82. The van der Waals surface area contributed by atoms with Crippen LogP contribution >= 0.6 is 22.7 Å². The van der Waals surface area contributed by atoms with E-state index in [1.165, 1.54) is 62.2 Å². The van der Waals surface area contributed by atoms with Crippen LogP contribution in [0.2, 0.25) is 0 Å². The molecular weight excluding hydrogens is 711 g/mol. The molecule has 3 aromatic heterocycles. The standard InChI is InChI=1S/C49H31N3OS2/c1-2-12-29-27-30(26-25-28(29)11-1)47-50-48(52-49(51-47)38-20-8-17-34-31-13-3-5-22-40(31)55-46(34)38)37-19-9-21-39-43(37)36-18-7-16-33(45(36)53-39)32-15-10-24-42-44(32)35-14-4-6-23-41(35)54-42/h1-27,48-49,52H,(H,50,51). The van der Waals surface area contributed by atoms with E-state index in [2.05, 4.69) is 174 Å². The summed E-state index contributed by atoms with van der Waals surface area (Å²) < 4.78 is 12.0. The zero-order valence-electron chi connectivity index (χ0n) is 29.4. The Morgan fingerprint density at radius 3 is 2.13 bits per heavy atom. The molecule has 4 heterocycles. The quantitative estimate of drug-likeness (QED) is 0.189. The van der Waals surface area contributed by atoms with Crippen molar-refractivity contribution in [1.29, 1.82) is 0 Å². The fourth-order valence-electron chi connectivity index (χ4n) is 8.67. The maximum atomic E-state index is 6.88. The van der Waals surface area contributed by atoms with Gasteiger partial charge < -0.3 is 9.73 Å². The Bertz CT molecular complexity index is 3370. The summed E-state index contributed by atoms with van der Waals surface area (Å²) in [5.41, 5.74) is 7.39. The third-order valence-electron chi connectivity index (χ3n) is 11.2. The summed E-state index contributed by atoms with van der Waals surface area (Å²) in [6.07, 6.45) is -0.552. The molecule has 4 nitrogen and oxygen atoms in total. The van der Waals surface area contributed by atoms with Gasteiger partial charge in [0.05, 0.1) is 0 Å². The second-order valence-corrected chi connectivity index (χ2v) is 16.4. The van der Waals surface area contributed by atoms with Crippen LogP contribution in [-0.2, 0) is 0 Å². The molecule has 1 aliphatic rings. The van der Waals surface area contributed by atoms with Gasteiger partial charge in [0.1, 0.15) is 29.3 Å². The Morgan fingerprint density at radius 2 is 1.20 bits per heavy atom. The first-order valence-electron chi connectivity index (χ1n) is 18.6. The molecule has 0 bridgehead atoms. The summed E-state index contributed by atoms with van der Waals surface area (Å²) in [6, 6.07) is 58.8. The summed E-state index contributed by atoms with van der Waals surface area (Å²) in [6.45, 7) is 0. The number of aliphatic imine (C=N–C) groups is 1. The fraction of sp³-hybridized carbons (Fsp3) is 0.0408. The molecule has 0 spiro atoms. The number of fused-ring (bicyclic) bond motifs is 10. The molecule has 8 aromatic carbocycles. The molecule has 11 aromatic rings. The van der Waals surface area contributed by atoms with Crippen molar-refractivity contribution >= 4 is 102 Å². The van der Waals surface area contributed by atoms with E-state index in [0.717, 1.165) is 44.5 Å². The van der Waals surface area contributed by atoms with Crippen LogP contribution in [0.25, 0.3) is 84.2 Å². The van der Waals surface area contributed by atoms with Gasteiger partial charge in [-0.3, -0.25) is 5.32 Å². The van der Waals surface area contributed by atoms with E-state index in [-0.39, 0.29) is 12.3 Å². The molecule has 1 aliphatic heterocycles. The van der Waals surface area contributed by atoms with E-state index < -0.39 is 0 Å². The van der Waals surface area contributed by atoms with Crippen LogP contribution in [-0.4, -0.2) is 5.84 Å². The lowest BCUT2D eigenvalue weighted by molar-refractivity contribution is 0.413. The molecule has 0 fully saturated rings. The van der Waals surface area contributed by atoms with Gasteiger partial charge in [0.25, 0.3) is 0 Å². The molecule has 2 unspecified atom stereocenters. The second-order valence-electron chi connectivity index (χ2n) is 14.3. The number of para-hydroxylation sites is 1. The fourth-order valence-corrected chi connectivity index (χ4v) is 11.1. The number of hydrogen-bond donors (Lipinski definition) is 2. The lowest BCUT2D eigenvalue weighted by Crippen LogP contribution is -2.45. The summed E-state index contributed by atoms with van der Waals surface area (Å²) in [5, 5.41) is 17.5. The predicted molar refractivity (Wildman–Crippen MR) is 234 cm³/mol. The first kappa shape index (κ1) is 31.1.